The third-order valence-corrected chi connectivity index (χ3v) is 4.27. The minimum absolute atomic E-state index is 0.0194. The Labute approximate surface area is 143 Å². The molecule has 0 aliphatic heterocycles. The van der Waals surface area contributed by atoms with E-state index in [0.29, 0.717) is 0 Å². The first-order chi connectivity index (χ1) is 11.7. The topological polar surface area (TPSA) is 168 Å². The number of aliphatic hydroxyl groups is 3. The molecule has 9 heteroatoms. The van der Waals surface area contributed by atoms with Crippen molar-refractivity contribution in [3.05, 3.63) is 23.3 Å². The highest BCUT2D eigenvalue weighted by molar-refractivity contribution is 5.97. The average Bonchev–Trinajstić information content (AvgIpc) is 2.52. The molecule has 0 radical (unpaired) electrons. The lowest BCUT2D eigenvalue weighted by Crippen LogP contribution is -2.46. The molecule has 1 aliphatic rings. The van der Waals surface area contributed by atoms with E-state index in [1.807, 2.05) is 0 Å². The second-order valence-corrected chi connectivity index (χ2v) is 6.24. The number of hydrogen-bond donors (Lipinski definition) is 7. The van der Waals surface area contributed by atoms with Crippen molar-refractivity contribution < 1.29 is 40.2 Å². The van der Waals surface area contributed by atoms with Crippen molar-refractivity contribution in [2.24, 2.45) is 5.92 Å². The van der Waals surface area contributed by atoms with Gasteiger partial charge in [-0.2, -0.15) is 0 Å². The van der Waals surface area contributed by atoms with E-state index in [-0.39, 0.29) is 36.4 Å². The molecule has 1 fully saturated rings. The Morgan fingerprint density at radius 3 is 2.20 bits per heavy atom. The van der Waals surface area contributed by atoms with Gasteiger partial charge in [0.25, 0.3) is 5.91 Å². The van der Waals surface area contributed by atoms with Gasteiger partial charge in [0, 0.05) is 12.1 Å². The zero-order chi connectivity index (χ0) is 18.7. The van der Waals surface area contributed by atoms with Crippen molar-refractivity contribution in [3.8, 4) is 11.5 Å². The highest BCUT2D eigenvalue weighted by Gasteiger charge is 2.34. The number of hydrogen-bond acceptors (Lipinski definition) is 7. The fourth-order valence-electron chi connectivity index (χ4n) is 2.92. The summed E-state index contributed by atoms with van der Waals surface area (Å²) >= 11 is 0. The first-order valence-corrected chi connectivity index (χ1v) is 7.78. The Balaban J connectivity index is 2.01. The standard InChI is InChI=1S/C16H21NO8/c18-10-5-9(11(19)3-8(10)4-14(22)23)16(25)17-6-7-1-12(20)15(24)13(21)2-7/h3,5,7,12-13,15,18-21,24H,1-2,4,6H2,(H,17,25)(H,22,23). The number of carbonyl (C=O) groups is 2. The number of rotatable bonds is 5. The molecule has 2 unspecified atom stereocenters. The zero-order valence-electron chi connectivity index (χ0n) is 13.3. The van der Waals surface area contributed by atoms with E-state index in [2.05, 4.69) is 5.32 Å². The van der Waals surface area contributed by atoms with E-state index in [1.165, 1.54) is 0 Å². The van der Waals surface area contributed by atoms with Gasteiger partial charge in [0.2, 0.25) is 0 Å². The molecular formula is C16H21NO8. The molecule has 7 N–H and O–H groups in total. The molecule has 0 heterocycles. The van der Waals surface area contributed by atoms with Crippen LogP contribution in [0.1, 0.15) is 28.8 Å². The molecule has 2 rings (SSSR count). The number of aliphatic carboxylic acids is 1. The zero-order valence-corrected chi connectivity index (χ0v) is 13.3. The van der Waals surface area contributed by atoms with Gasteiger partial charge < -0.3 is 36.0 Å². The van der Waals surface area contributed by atoms with Gasteiger partial charge in [0.15, 0.2) is 0 Å². The largest absolute Gasteiger partial charge is 0.508 e. The maximum atomic E-state index is 12.1. The second kappa shape index (κ2) is 7.68. The SMILES string of the molecule is O=C(O)Cc1cc(O)c(C(=O)NCC2CC(O)C(O)C(O)C2)cc1O. The number of carbonyl (C=O) groups excluding carboxylic acids is 1. The van der Waals surface area contributed by atoms with Crippen LogP contribution in [0, 0.1) is 5.92 Å². The first kappa shape index (κ1) is 19.0. The van der Waals surface area contributed by atoms with Gasteiger partial charge in [0.1, 0.15) is 17.6 Å². The molecule has 1 aromatic rings. The minimum Gasteiger partial charge on any atom is -0.508 e. The number of carboxylic acids is 1. The summed E-state index contributed by atoms with van der Waals surface area (Å²) in [6.07, 6.45) is -3.48. The monoisotopic (exact) mass is 355 g/mol. The van der Waals surface area contributed by atoms with E-state index in [9.17, 15) is 35.1 Å². The van der Waals surface area contributed by atoms with Gasteiger partial charge >= 0.3 is 5.97 Å². The number of aromatic hydroxyl groups is 2. The normalized spacial score (nSPS) is 26.2. The maximum Gasteiger partial charge on any atom is 0.307 e. The highest BCUT2D eigenvalue weighted by atomic mass is 16.4. The fourth-order valence-corrected chi connectivity index (χ4v) is 2.92. The van der Waals surface area contributed by atoms with Crippen LogP contribution in [-0.2, 0) is 11.2 Å². The summed E-state index contributed by atoms with van der Waals surface area (Å²) in [5, 5.41) is 59.7. The average molecular weight is 355 g/mol. The van der Waals surface area contributed by atoms with Crippen molar-refractivity contribution in [2.75, 3.05) is 6.54 Å². The Morgan fingerprint density at radius 2 is 1.64 bits per heavy atom. The summed E-state index contributed by atoms with van der Waals surface area (Å²) in [7, 11) is 0. The highest BCUT2D eigenvalue weighted by Crippen LogP contribution is 2.28. The van der Waals surface area contributed by atoms with Crippen LogP contribution in [0.25, 0.3) is 0 Å². The lowest BCUT2D eigenvalue weighted by Gasteiger charge is -2.34. The minimum atomic E-state index is -1.21. The number of amides is 1. The van der Waals surface area contributed by atoms with E-state index in [4.69, 9.17) is 5.11 Å². The van der Waals surface area contributed by atoms with Crippen molar-refractivity contribution in [3.63, 3.8) is 0 Å². The van der Waals surface area contributed by atoms with Crippen LogP contribution in [0.15, 0.2) is 12.1 Å². The number of benzene rings is 1. The van der Waals surface area contributed by atoms with Crippen LogP contribution in [0.3, 0.4) is 0 Å². The first-order valence-electron chi connectivity index (χ1n) is 7.78. The van der Waals surface area contributed by atoms with Gasteiger partial charge in [-0.3, -0.25) is 9.59 Å². The van der Waals surface area contributed by atoms with Gasteiger partial charge in [-0.1, -0.05) is 0 Å². The van der Waals surface area contributed by atoms with Crippen LogP contribution < -0.4 is 5.32 Å². The van der Waals surface area contributed by atoms with Crippen LogP contribution in [-0.4, -0.2) is 67.4 Å². The molecular weight excluding hydrogens is 334 g/mol. The van der Waals surface area contributed by atoms with Crippen LogP contribution in [0.2, 0.25) is 0 Å². The van der Waals surface area contributed by atoms with Crippen molar-refractivity contribution >= 4 is 11.9 Å². The number of phenolic OH excluding ortho intramolecular Hbond substituents is 2. The summed E-state index contributed by atoms with van der Waals surface area (Å²) in [5.41, 5.74) is -0.238. The third kappa shape index (κ3) is 4.59. The molecule has 1 saturated carbocycles. The van der Waals surface area contributed by atoms with Gasteiger partial charge in [-0.05, 0) is 30.9 Å². The van der Waals surface area contributed by atoms with Crippen molar-refractivity contribution in [2.45, 2.75) is 37.6 Å². The quantitative estimate of drug-likeness (QED) is 0.328. The fraction of sp³-hybridized carbons (Fsp3) is 0.500. The Hall–Kier alpha value is -2.36. The van der Waals surface area contributed by atoms with Gasteiger partial charge in [-0.25, -0.2) is 0 Å². The van der Waals surface area contributed by atoms with Crippen molar-refractivity contribution in [1.82, 2.24) is 5.32 Å². The van der Waals surface area contributed by atoms with Crippen LogP contribution in [0.5, 0.6) is 11.5 Å². The second-order valence-electron chi connectivity index (χ2n) is 6.24. The van der Waals surface area contributed by atoms with Gasteiger partial charge in [-0.15, -0.1) is 0 Å². The molecule has 1 aliphatic carbocycles. The molecule has 0 aromatic heterocycles. The number of aliphatic hydroxyl groups excluding tert-OH is 3. The Morgan fingerprint density at radius 1 is 1.04 bits per heavy atom. The van der Waals surface area contributed by atoms with E-state index >= 15 is 0 Å². The predicted octanol–water partition coefficient (Wildman–Crippen LogP) is -1.05. The summed E-state index contributed by atoms with van der Waals surface area (Å²) in [4.78, 5) is 22.8. The predicted molar refractivity (Wildman–Crippen MR) is 84.2 cm³/mol. The summed E-state index contributed by atoms with van der Waals surface area (Å²) in [6, 6.07) is 2.00. The molecule has 25 heavy (non-hydrogen) atoms. The van der Waals surface area contributed by atoms with Crippen LogP contribution in [0.4, 0.5) is 0 Å². The number of phenols is 2. The maximum absolute atomic E-state index is 12.1. The molecule has 1 aromatic carbocycles. The Bertz CT molecular complexity index is 650. The Kier molecular flexibility index (Phi) is 5.83. The molecule has 1 amide bonds. The third-order valence-electron chi connectivity index (χ3n) is 4.27. The molecule has 9 nitrogen and oxygen atoms in total. The lowest BCUT2D eigenvalue weighted by molar-refractivity contribution is -0.136. The smallest absolute Gasteiger partial charge is 0.307 e. The lowest BCUT2D eigenvalue weighted by atomic mass is 9.83. The van der Waals surface area contributed by atoms with Gasteiger partial charge in [0.05, 0.1) is 24.2 Å². The molecule has 138 valence electrons. The van der Waals surface area contributed by atoms with E-state index < -0.39 is 48.1 Å². The molecule has 0 spiro atoms. The molecule has 0 bridgehead atoms. The summed E-state index contributed by atoms with van der Waals surface area (Å²) in [5.74, 6) is -3.03. The molecule has 0 saturated heterocycles. The number of carboxylic acid groups (broad SMARTS) is 1. The summed E-state index contributed by atoms with van der Waals surface area (Å²) in [6.45, 7) is 0.0940. The summed E-state index contributed by atoms with van der Waals surface area (Å²) < 4.78 is 0. The molecule has 2 atom stereocenters. The van der Waals surface area contributed by atoms with E-state index in [0.717, 1.165) is 12.1 Å². The van der Waals surface area contributed by atoms with Crippen molar-refractivity contribution in [1.29, 1.82) is 0 Å². The van der Waals surface area contributed by atoms with Crippen LogP contribution >= 0.6 is 0 Å². The van der Waals surface area contributed by atoms with E-state index in [1.54, 1.807) is 0 Å². The number of nitrogens with one attached hydrogen (secondary N) is 1.